The van der Waals surface area contributed by atoms with E-state index in [2.05, 4.69) is 10.3 Å². The van der Waals surface area contributed by atoms with Crippen LogP contribution in [-0.4, -0.2) is 34.4 Å². The summed E-state index contributed by atoms with van der Waals surface area (Å²) in [5.74, 6) is -1.14. The molecule has 1 aromatic carbocycles. The van der Waals surface area contributed by atoms with Crippen LogP contribution in [0.2, 0.25) is 0 Å². The van der Waals surface area contributed by atoms with Gasteiger partial charge in [0.25, 0.3) is 11.7 Å². The van der Waals surface area contributed by atoms with E-state index in [1.54, 1.807) is 6.92 Å². The van der Waals surface area contributed by atoms with Crippen molar-refractivity contribution in [3.05, 3.63) is 58.1 Å². The molecule has 2 amide bonds. The number of anilines is 1. The Bertz CT molecular complexity index is 887. The SMILES string of the molecule is CC1Oc2ccc([N+](=O)[O-])nc2N(CC(=O)NC(C)c2ccccc2)C1=O. The number of hydrogen-bond donors (Lipinski definition) is 1. The first kappa shape index (κ1) is 18.3. The Hall–Kier alpha value is -3.49. The molecule has 9 nitrogen and oxygen atoms in total. The van der Waals surface area contributed by atoms with E-state index < -0.39 is 28.7 Å². The zero-order valence-corrected chi connectivity index (χ0v) is 14.8. The zero-order valence-electron chi connectivity index (χ0n) is 14.8. The normalized spacial score (nSPS) is 16.9. The van der Waals surface area contributed by atoms with Crippen LogP contribution < -0.4 is 15.0 Å². The first-order valence-corrected chi connectivity index (χ1v) is 8.34. The molecule has 0 bridgehead atoms. The fourth-order valence-electron chi connectivity index (χ4n) is 2.79. The Kier molecular flexibility index (Phi) is 5.02. The highest BCUT2D eigenvalue weighted by Crippen LogP contribution is 2.33. The van der Waals surface area contributed by atoms with Crippen LogP contribution in [0.15, 0.2) is 42.5 Å². The summed E-state index contributed by atoms with van der Waals surface area (Å²) in [6.45, 7) is 3.06. The number of aromatic nitrogens is 1. The number of fused-ring (bicyclic) bond motifs is 1. The number of amides is 2. The molecule has 0 aliphatic carbocycles. The van der Waals surface area contributed by atoms with Gasteiger partial charge in [0.2, 0.25) is 5.91 Å². The lowest BCUT2D eigenvalue weighted by Crippen LogP contribution is -2.49. The second-order valence-corrected chi connectivity index (χ2v) is 6.13. The van der Waals surface area contributed by atoms with Crippen molar-refractivity contribution in [1.29, 1.82) is 0 Å². The molecule has 0 saturated carbocycles. The molecule has 140 valence electrons. The largest absolute Gasteiger partial charge is 0.475 e. The van der Waals surface area contributed by atoms with Gasteiger partial charge in [-0.15, -0.1) is 0 Å². The molecule has 3 rings (SSSR count). The van der Waals surface area contributed by atoms with Crippen LogP contribution in [0.5, 0.6) is 5.75 Å². The van der Waals surface area contributed by atoms with Crippen LogP contribution in [0, 0.1) is 10.1 Å². The van der Waals surface area contributed by atoms with E-state index in [4.69, 9.17) is 4.74 Å². The van der Waals surface area contributed by atoms with Crippen LogP contribution in [0.1, 0.15) is 25.5 Å². The van der Waals surface area contributed by atoms with Gasteiger partial charge in [0.1, 0.15) is 6.54 Å². The number of benzene rings is 1. The maximum Gasteiger partial charge on any atom is 0.366 e. The summed E-state index contributed by atoms with van der Waals surface area (Å²) in [6, 6.07) is 11.7. The number of carbonyl (C=O) groups is 2. The highest BCUT2D eigenvalue weighted by Gasteiger charge is 2.37. The van der Waals surface area contributed by atoms with Crippen LogP contribution in [0.4, 0.5) is 11.6 Å². The van der Waals surface area contributed by atoms with Crippen molar-refractivity contribution in [2.75, 3.05) is 11.4 Å². The predicted octanol–water partition coefficient (Wildman–Crippen LogP) is 1.98. The molecule has 0 spiro atoms. The fourth-order valence-corrected chi connectivity index (χ4v) is 2.79. The van der Waals surface area contributed by atoms with Gasteiger partial charge < -0.3 is 20.2 Å². The lowest BCUT2D eigenvalue weighted by Gasteiger charge is -2.29. The molecule has 0 saturated heterocycles. The third-order valence-corrected chi connectivity index (χ3v) is 4.16. The fraction of sp³-hybridized carbons (Fsp3) is 0.278. The van der Waals surface area contributed by atoms with Crippen molar-refractivity contribution in [3.8, 4) is 5.75 Å². The number of ether oxygens (including phenoxy) is 1. The van der Waals surface area contributed by atoms with E-state index >= 15 is 0 Å². The summed E-state index contributed by atoms with van der Waals surface area (Å²) in [6.07, 6.45) is -0.819. The van der Waals surface area contributed by atoms with E-state index in [1.165, 1.54) is 12.1 Å². The van der Waals surface area contributed by atoms with E-state index in [-0.39, 0.29) is 24.2 Å². The van der Waals surface area contributed by atoms with E-state index in [9.17, 15) is 19.7 Å². The first-order valence-electron chi connectivity index (χ1n) is 8.34. The number of carbonyl (C=O) groups excluding carboxylic acids is 2. The number of nitrogens with one attached hydrogen (secondary N) is 1. The number of rotatable bonds is 5. The summed E-state index contributed by atoms with van der Waals surface area (Å²) in [4.78, 5) is 40.2. The Morgan fingerprint density at radius 3 is 2.70 bits per heavy atom. The Labute approximate surface area is 155 Å². The second kappa shape index (κ2) is 7.40. The van der Waals surface area contributed by atoms with Crippen molar-refractivity contribution in [1.82, 2.24) is 10.3 Å². The zero-order chi connectivity index (χ0) is 19.6. The van der Waals surface area contributed by atoms with Gasteiger partial charge in [0.05, 0.1) is 6.04 Å². The van der Waals surface area contributed by atoms with Gasteiger partial charge in [0.15, 0.2) is 11.9 Å². The summed E-state index contributed by atoms with van der Waals surface area (Å²) >= 11 is 0. The molecule has 1 aromatic heterocycles. The van der Waals surface area contributed by atoms with E-state index in [0.717, 1.165) is 10.5 Å². The average Bonchev–Trinajstić information content (AvgIpc) is 2.65. The lowest BCUT2D eigenvalue weighted by atomic mass is 10.1. The molecule has 1 N–H and O–H groups in total. The summed E-state index contributed by atoms with van der Waals surface area (Å²) in [7, 11) is 0. The molecule has 0 fully saturated rings. The summed E-state index contributed by atoms with van der Waals surface area (Å²) < 4.78 is 5.43. The summed E-state index contributed by atoms with van der Waals surface area (Å²) in [5.41, 5.74) is 0.918. The average molecular weight is 370 g/mol. The van der Waals surface area contributed by atoms with Gasteiger partial charge >= 0.3 is 5.82 Å². The molecule has 27 heavy (non-hydrogen) atoms. The minimum Gasteiger partial charge on any atom is -0.475 e. The highest BCUT2D eigenvalue weighted by atomic mass is 16.6. The maximum absolute atomic E-state index is 12.5. The number of nitro groups is 1. The molecule has 1 aliphatic heterocycles. The van der Waals surface area contributed by atoms with Gasteiger partial charge in [0, 0.05) is 6.07 Å². The van der Waals surface area contributed by atoms with Gasteiger partial charge in [-0.25, -0.2) is 0 Å². The van der Waals surface area contributed by atoms with Crippen molar-refractivity contribution in [2.24, 2.45) is 0 Å². The minimum atomic E-state index is -0.819. The van der Waals surface area contributed by atoms with Crippen molar-refractivity contribution in [3.63, 3.8) is 0 Å². The second-order valence-electron chi connectivity index (χ2n) is 6.13. The lowest BCUT2D eigenvalue weighted by molar-refractivity contribution is -0.389. The van der Waals surface area contributed by atoms with Crippen LogP contribution in [0.3, 0.4) is 0 Å². The highest BCUT2D eigenvalue weighted by molar-refractivity contribution is 6.02. The Balaban J connectivity index is 1.81. The third kappa shape index (κ3) is 3.86. The maximum atomic E-state index is 12.5. The van der Waals surface area contributed by atoms with Crippen molar-refractivity contribution < 1.29 is 19.2 Å². The van der Waals surface area contributed by atoms with Crippen LogP contribution in [-0.2, 0) is 9.59 Å². The van der Waals surface area contributed by atoms with Gasteiger partial charge in [-0.05, 0) is 35.4 Å². The van der Waals surface area contributed by atoms with E-state index in [0.29, 0.717) is 0 Å². The van der Waals surface area contributed by atoms with Crippen LogP contribution >= 0.6 is 0 Å². The summed E-state index contributed by atoms with van der Waals surface area (Å²) in [5, 5.41) is 13.8. The van der Waals surface area contributed by atoms with Gasteiger partial charge in [-0.1, -0.05) is 30.3 Å². The monoisotopic (exact) mass is 370 g/mol. The minimum absolute atomic E-state index is 0.0326. The molecular weight excluding hydrogens is 352 g/mol. The predicted molar refractivity (Wildman–Crippen MR) is 96.3 cm³/mol. The molecule has 2 unspecified atom stereocenters. The van der Waals surface area contributed by atoms with E-state index in [1.807, 2.05) is 37.3 Å². The molecular formula is C18H18N4O5. The van der Waals surface area contributed by atoms with Crippen molar-refractivity contribution in [2.45, 2.75) is 26.0 Å². The molecule has 0 radical (unpaired) electrons. The number of nitrogens with zero attached hydrogens (tertiary/aromatic N) is 3. The number of pyridine rings is 1. The Morgan fingerprint density at radius 1 is 1.33 bits per heavy atom. The molecule has 9 heteroatoms. The first-order chi connectivity index (χ1) is 12.9. The van der Waals surface area contributed by atoms with Gasteiger partial charge in [-0.2, -0.15) is 0 Å². The molecule has 2 heterocycles. The van der Waals surface area contributed by atoms with Crippen molar-refractivity contribution >= 4 is 23.5 Å². The standard InChI is InChI=1S/C18H18N4O5/c1-11(13-6-4-3-5-7-13)19-16(23)10-21-17-14(27-12(2)18(21)24)8-9-15(20-17)22(25)26/h3-9,11-12H,10H2,1-2H3,(H,19,23). The molecule has 2 atom stereocenters. The number of hydrogen-bond acceptors (Lipinski definition) is 6. The topological polar surface area (TPSA) is 115 Å². The molecule has 1 aliphatic rings. The molecule has 2 aromatic rings. The van der Waals surface area contributed by atoms with Gasteiger partial charge in [-0.3, -0.25) is 14.5 Å². The third-order valence-electron chi connectivity index (χ3n) is 4.16. The van der Waals surface area contributed by atoms with Crippen LogP contribution in [0.25, 0.3) is 0 Å². The quantitative estimate of drug-likeness (QED) is 0.636. The Morgan fingerprint density at radius 2 is 2.04 bits per heavy atom. The smallest absolute Gasteiger partial charge is 0.366 e.